The van der Waals surface area contributed by atoms with Crippen LogP contribution in [0, 0.1) is 0 Å². The van der Waals surface area contributed by atoms with E-state index >= 15 is 0 Å². The monoisotopic (exact) mass is 400 g/mol. The fourth-order valence-corrected chi connectivity index (χ4v) is 2.82. The largest absolute Gasteiger partial charge is 0.493 e. The Morgan fingerprint density at radius 3 is 2.69 bits per heavy atom. The number of nitrogens with zero attached hydrogens (tertiary/aromatic N) is 4. The Hall–Kier alpha value is -3.40. The normalized spacial score (nSPS) is 10.7. The molecular formula is C19H24N6O4. The van der Waals surface area contributed by atoms with Crippen molar-refractivity contribution in [1.29, 1.82) is 0 Å². The van der Waals surface area contributed by atoms with Gasteiger partial charge in [-0.25, -0.2) is 14.6 Å². The molecule has 1 amide bonds. The fourth-order valence-electron chi connectivity index (χ4n) is 2.82. The maximum atomic E-state index is 12.4. The van der Waals surface area contributed by atoms with Gasteiger partial charge in [0, 0.05) is 25.8 Å². The number of nitrogens with one attached hydrogen (secondary N) is 2. The first-order valence-electron chi connectivity index (χ1n) is 9.07. The van der Waals surface area contributed by atoms with Gasteiger partial charge < -0.3 is 24.8 Å². The van der Waals surface area contributed by atoms with Gasteiger partial charge in [-0.2, -0.15) is 5.10 Å². The number of carbonyl (C=O) groups is 1. The van der Waals surface area contributed by atoms with E-state index in [1.807, 2.05) is 0 Å². The van der Waals surface area contributed by atoms with Crippen molar-refractivity contribution in [1.82, 2.24) is 25.1 Å². The molecular weight excluding hydrogens is 376 g/mol. The average Bonchev–Trinajstić information content (AvgIpc) is 3.17. The highest BCUT2D eigenvalue weighted by atomic mass is 16.5. The van der Waals surface area contributed by atoms with Crippen molar-refractivity contribution in [3.63, 3.8) is 0 Å². The molecule has 1 aromatic carbocycles. The zero-order valence-corrected chi connectivity index (χ0v) is 16.6. The number of rotatable bonds is 10. The highest BCUT2D eigenvalue weighted by Crippen LogP contribution is 2.27. The summed E-state index contributed by atoms with van der Waals surface area (Å²) in [7, 11) is 4.72. The van der Waals surface area contributed by atoms with Crippen LogP contribution in [0.1, 0.15) is 10.4 Å². The number of aromatic nitrogens is 4. The molecule has 0 radical (unpaired) electrons. The molecule has 29 heavy (non-hydrogen) atoms. The van der Waals surface area contributed by atoms with Crippen LogP contribution in [-0.2, 0) is 11.3 Å². The SMILES string of the molecule is COCCNc1ncnc2c1cnn2CCNC(=O)c1ccc(OC)c(OC)c1. The lowest BCUT2D eigenvalue weighted by atomic mass is 10.2. The van der Waals surface area contributed by atoms with E-state index in [1.54, 1.807) is 43.3 Å². The molecule has 3 rings (SSSR count). The van der Waals surface area contributed by atoms with Crippen molar-refractivity contribution in [3.05, 3.63) is 36.3 Å². The smallest absolute Gasteiger partial charge is 0.251 e. The quantitative estimate of drug-likeness (QED) is 0.490. The van der Waals surface area contributed by atoms with E-state index in [0.717, 1.165) is 5.39 Å². The second kappa shape index (κ2) is 9.69. The number of ether oxygens (including phenoxy) is 3. The molecule has 10 heteroatoms. The molecule has 0 aliphatic heterocycles. The number of amides is 1. The van der Waals surface area contributed by atoms with Gasteiger partial charge in [0.1, 0.15) is 12.1 Å². The van der Waals surface area contributed by atoms with Gasteiger partial charge in [-0.15, -0.1) is 0 Å². The molecule has 0 spiro atoms. The summed E-state index contributed by atoms with van der Waals surface area (Å²) in [4.78, 5) is 21.0. The Morgan fingerprint density at radius 1 is 1.10 bits per heavy atom. The van der Waals surface area contributed by atoms with E-state index in [9.17, 15) is 4.79 Å². The first-order valence-corrected chi connectivity index (χ1v) is 9.07. The molecule has 2 aromatic heterocycles. The molecule has 2 N–H and O–H groups in total. The van der Waals surface area contributed by atoms with Crippen molar-refractivity contribution in [3.8, 4) is 11.5 Å². The number of fused-ring (bicyclic) bond motifs is 1. The predicted octanol–water partition coefficient (Wildman–Crippen LogP) is 1.33. The first kappa shape index (κ1) is 20.3. The number of anilines is 1. The van der Waals surface area contributed by atoms with Crippen LogP contribution in [0.25, 0.3) is 11.0 Å². The molecule has 0 atom stereocenters. The number of benzene rings is 1. The molecule has 2 heterocycles. The minimum Gasteiger partial charge on any atom is -0.493 e. The lowest BCUT2D eigenvalue weighted by Crippen LogP contribution is -2.27. The average molecular weight is 400 g/mol. The number of methoxy groups -OCH3 is 3. The van der Waals surface area contributed by atoms with E-state index in [4.69, 9.17) is 14.2 Å². The Labute approximate surface area is 168 Å². The van der Waals surface area contributed by atoms with Gasteiger partial charge in [0.05, 0.1) is 39.0 Å². The maximum absolute atomic E-state index is 12.4. The van der Waals surface area contributed by atoms with Crippen molar-refractivity contribution in [2.75, 3.05) is 46.3 Å². The van der Waals surface area contributed by atoms with E-state index in [-0.39, 0.29) is 5.91 Å². The maximum Gasteiger partial charge on any atom is 0.251 e. The summed E-state index contributed by atoms with van der Waals surface area (Å²) in [5, 5.41) is 11.2. The van der Waals surface area contributed by atoms with Gasteiger partial charge in [-0.05, 0) is 18.2 Å². The van der Waals surface area contributed by atoms with Gasteiger partial charge in [0.2, 0.25) is 0 Å². The molecule has 0 unspecified atom stereocenters. The van der Waals surface area contributed by atoms with E-state index in [1.165, 1.54) is 13.4 Å². The molecule has 0 saturated heterocycles. The van der Waals surface area contributed by atoms with E-state index in [2.05, 4.69) is 25.7 Å². The topological polar surface area (TPSA) is 112 Å². The molecule has 0 fully saturated rings. The second-order valence-corrected chi connectivity index (χ2v) is 6.07. The Balaban J connectivity index is 1.62. The minimum atomic E-state index is -0.209. The summed E-state index contributed by atoms with van der Waals surface area (Å²) in [6.45, 7) is 2.06. The Bertz CT molecular complexity index is 974. The standard InChI is InChI=1S/C19H24N6O4/c1-27-9-7-20-17-14-11-24-25(18(14)23-12-22-17)8-6-21-19(26)13-4-5-15(28-2)16(10-13)29-3/h4-5,10-12H,6-9H2,1-3H3,(H,21,26)(H,20,22,23). The molecule has 0 aliphatic carbocycles. The van der Waals surface area contributed by atoms with Crippen LogP contribution in [-0.4, -0.2) is 66.7 Å². The zero-order chi connectivity index (χ0) is 20.6. The molecule has 0 aliphatic rings. The van der Waals surface area contributed by atoms with Crippen LogP contribution in [0.15, 0.2) is 30.7 Å². The molecule has 0 bridgehead atoms. The van der Waals surface area contributed by atoms with Crippen molar-refractivity contribution in [2.45, 2.75) is 6.54 Å². The van der Waals surface area contributed by atoms with Gasteiger partial charge >= 0.3 is 0 Å². The van der Waals surface area contributed by atoms with E-state index in [0.29, 0.717) is 54.8 Å². The lowest BCUT2D eigenvalue weighted by molar-refractivity contribution is 0.0951. The number of carbonyl (C=O) groups excluding carboxylic acids is 1. The summed E-state index contributed by atoms with van der Waals surface area (Å²) < 4.78 is 17.2. The third kappa shape index (κ3) is 4.72. The van der Waals surface area contributed by atoms with Crippen LogP contribution in [0.4, 0.5) is 5.82 Å². The van der Waals surface area contributed by atoms with Crippen molar-refractivity contribution in [2.24, 2.45) is 0 Å². The first-order chi connectivity index (χ1) is 14.2. The highest BCUT2D eigenvalue weighted by Gasteiger charge is 2.12. The van der Waals surface area contributed by atoms with Crippen LogP contribution < -0.4 is 20.1 Å². The summed E-state index contributed by atoms with van der Waals surface area (Å²) >= 11 is 0. The van der Waals surface area contributed by atoms with Crippen LogP contribution in [0.5, 0.6) is 11.5 Å². The van der Waals surface area contributed by atoms with Gasteiger partial charge in [-0.3, -0.25) is 4.79 Å². The van der Waals surface area contributed by atoms with Crippen molar-refractivity contribution < 1.29 is 19.0 Å². The third-order valence-electron chi connectivity index (χ3n) is 4.29. The Morgan fingerprint density at radius 2 is 1.93 bits per heavy atom. The van der Waals surface area contributed by atoms with Crippen molar-refractivity contribution >= 4 is 22.8 Å². The fraction of sp³-hybridized carbons (Fsp3) is 0.368. The highest BCUT2D eigenvalue weighted by molar-refractivity contribution is 5.94. The molecule has 154 valence electrons. The number of hydrogen-bond acceptors (Lipinski definition) is 8. The van der Waals surface area contributed by atoms with Gasteiger partial charge in [-0.1, -0.05) is 0 Å². The van der Waals surface area contributed by atoms with Crippen LogP contribution in [0.2, 0.25) is 0 Å². The predicted molar refractivity (Wildman–Crippen MR) is 108 cm³/mol. The van der Waals surface area contributed by atoms with Crippen LogP contribution >= 0.6 is 0 Å². The minimum absolute atomic E-state index is 0.209. The number of hydrogen-bond donors (Lipinski definition) is 2. The zero-order valence-electron chi connectivity index (χ0n) is 16.6. The Kier molecular flexibility index (Phi) is 6.80. The lowest BCUT2D eigenvalue weighted by Gasteiger charge is -2.10. The summed E-state index contributed by atoms with van der Waals surface area (Å²) in [6.07, 6.45) is 3.19. The van der Waals surface area contributed by atoms with Gasteiger partial charge in [0.25, 0.3) is 5.91 Å². The molecule has 10 nitrogen and oxygen atoms in total. The molecule has 3 aromatic rings. The second-order valence-electron chi connectivity index (χ2n) is 6.07. The van der Waals surface area contributed by atoms with E-state index < -0.39 is 0 Å². The molecule has 0 saturated carbocycles. The van der Waals surface area contributed by atoms with Gasteiger partial charge in [0.15, 0.2) is 17.1 Å². The summed E-state index contributed by atoms with van der Waals surface area (Å²) in [6, 6.07) is 5.03. The third-order valence-corrected chi connectivity index (χ3v) is 4.29. The van der Waals surface area contributed by atoms with Crippen LogP contribution in [0.3, 0.4) is 0 Å². The summed E-state index contributed by atoms with van der Waals surface area (Å²) in [5.41, 5.74) is 1.18. The summed E-state index contributed by atoms with van der Waals surface area (Å²) in [5.74, 6) is 1.57.